The molecule has 0 unspecified atom stereocenters. The van der Waals surface area contributed by atoms with E-state index in [1.165, 1.54) is 12.3 Å². The number of hydrogen-bond acceptors (Lipinski definition) is 6. The van der Waals surface area contributed by atoms with Gasteiger partial charge in [-0.3, -0.25) is 9.56 Å². The van der Waals surface area contributed by atoms with E-state index in [0.29, 0.717) is 24.5 Å². The minimum atomic E-state index is -4.65. The van der Waals surface area contributed by atoms with Crippen LogP contribution in [0.1, 0.15) is 22.4 Å². The van der Waals surface area contributed by atoms with E-state index in [2.05, 4.69) is 22.3 Å². The number of hydrogen-bond donors (Lipinski definition) is 2. The van der Waals surface area contributed by atoms with E-state index >= 15 is 0 Å². The predicted octanol–water partition coefficient (Wildman–Crippen LogP) is 3.97. The average molecular weight is 510 g/mol. The van der Waals surface area contributed by atoms with E-state index in [0.717, 1.165) is 29.8 Å². The summed E-state index contributed by atoms with van der Waals surface area (Å²) in [6.07, 6.45) is -4.65. The molecule has 13 heteroatoms. The standard InChI is InChI=1S/C22H15F5N4O3S/c1-34-31-21-13(12-28-31)2-5-15(29-21)6-9-17-18(23)10-11-19(20(17)24)30-35(32,33)16-7-3-14(4-8-16)22(25,26)27/h2-5,7-8,10-11,28,30H,12H2,1H3. The molecule has 2 aromatic carbocycles. The predicted molar refractivity (Wildman–Crippen MR) is 115 cm³/mol. The normalized spacial score (nSPS) is 13.3. The number of sulfonamides is 1. The fourth-order valence-corrected chi connectivity index (χ4v) is 4.20. The Morgan fingerprint density at radius 3 is 2.43 bits per heavy atom. The fourth-order valence-electron chi connectivity index (χ4n) is 3.14. The minimum Gasteiger partial charge on any atom is -0.277 e. The third kappa shape index (κ3) is 5.04. The van der Waals surface area contributed by atoms with Crippen molar-refractivity contribution >= 4 is 21.5 Å². The Hall–Kier alpha value is -3.73. The lowest BCUT2D eigenvalue weighted by Crippen LogP contribution is -2.31. The van der Waals surface area contributed by atoms with Gasteiger partial charge in [-0.05, 0) is 48.4 Å². The molecule has 0 saturated heterocycles. The van der Waals surface area contributed by atoms with Gasteiger partial charge in [-0.15, -0.1) is 0 Å². The van der Waals surface area contributed by atoms with Crippen LogP contribution in [0.5, 0.6) is 0 Å². The molecule has 1 aliphatic rings. The number of fused-ring (bicyclic) bond motifs is 1. The van der Waals surface area contributed by atoms with Crippen molar-refractivity contribution in [2.45, 2.75) is 17.6 Å². The van der Waals surface area contributed by atoms with Crippen LogP contribution >= 0.6 is 0 Å². The first-order valence-electron chi connectivity index (χ1n) is 9.77. The van der Waals surface area contributed by atoms with Crippen molar-refractivity contribution < 1.29 is 35.2 Å². The number of hydrazine groups is 1. The summed E-state index contributed by atoms with van der Waals surface area (Å²) < 4.78 is 94.4. The van der Waals surface area contributed by atoms with Crippen LogP contribution in [0, 0.1) is 23.5 Å². The molecular weight excluding hydrogens is 495 g/mol. The molecule has 0 atom stereocenters. The molecule has 7 nitrogen and oxygen atoms in total. The minimum absolute atomic E-state index is 0.170. The molecule has 4 rings (SSSR count). The summed E-state index contributed by atoms with van der Waals surface area (Å²) in [5.41, 5.74) is 1.49. The van der Waals surface area contributed by atoms with E-state index < -0.39 is 49.5 Å². The van der Waals surface area contributed by atoms with Crippen LogP contribution in [-0.2, 0) is 27.6 Å². The molecule has 182 valence electrons. The fraction of sp³-hybridized carbons (Fsp3) is 0.136. The first-order valence-corrected chi connectivity index (χ1v) is 11.3. The van der Waals surface area contributed by atoms with Gasteiger partial charge in [-0.25, -0.2) is 27.6 Å². The molecule has 1 aromatic heterocycles. The SMILES string of the molecule is CON1NCc2ccc(C#Cc3c(F)ccc(NS(=O)(=O)c4ccc(C(F)(F)F)cc4)c3F)nc21. The topological polar surface area (TPSA) is 83.6 Å². The Bertz CT molecular complexity index is 1450. The third-order valence-electron chi connectivity index (χ3n) is 4.89. The molecule has 2 heterocycles. The maximum Gasteiger partial charge on any atom is 0.416 e. The lowest BCUT2D eigenvalue weighted by molar-refractivity contribution is -0.137. The summed E-state index contributed by atoms with van der Waals surface area (Å²) in [7, 11) is -3.06. The van der Waals surface area contributed by atoms with Crippen LogP contribution < -0.4 is 15.3 Å². The van der Waals surface area contributed by atoms with Crippen molar-refractivity contribution in [1.29, 1.82) is 0 Å². The monoisotopic (exact) mass is 510 g/mol. The zero-order valence-corrected chi connectivity index (χ0v) is 18.6. The van der Waals surface area contributed by atoms with E-state index in [-0.39, 0.29) is 5.69 Å². The second kappa shape index (κ2) is 9.14. The highest BCUT2D eigenvalue weighted by Gasteiger charge is 2.31. The Labute approximate surface area is 196 Å². The van der Waals surface area contributed by atoms with Crippen molar-refractivity contribution in [3.05, 3.63) is 82.5 Å². The molecule has 0 aliphatic carbocycles. The number of rotatable bonds is 4. The van der Waals surface area contributed by atoms with Crippen LogP contribution in [-0.4, -0.2) is 20.5 Å². The number of aromatic nitrogens is 1. The number of halogens is 5. The smallest absolute Gasteiger partial charge is 0.277 e. The maximum absolute atomic E-state index is 15.0. The first-order chi connectivity index (χ1) is 16.5. The van der Waals surface area contributed by atoms with E-state index in [9.17, 15) is 30.4 Å². The van der Waals surface area contributed by atoms with Crippen LogP contribution in [0.2, 0.25) is 0 Å². The molecule has 0 radical (unpaired) electrons. The number of benzene rings is 2. The lowest BCUT2D eigenvalue weighted by Gasteiger charge is -2.13. The van der Waals surface area contributed by atoms with Gasteiger partial charge in [0.2, 0.25) is 0 Å². The van der Waals surface area contributed by atoms with Crippen LogP contribution in [0.15, 0.2) is 53.4 Å². The quantitative estimate of drug-likeness (QED) is 0.409. The molecular formula is C22H15F5N4O3S. The van der Waals surface area contributed by atoms with Gasteiger partial charge in [0.15, 0.2) is 11.6 Å². The Morgan fingerprint density at radius 1 is 1.06 bits per heavy atom. The summed E-state index contributed by atoms with van der Waals surface area (Å²) in [4.78, 5) is 8.80. The van der Waals surface area contributed by atoms with E-state index in [1.807, 2.05) is 4.72 Å². The van der Waals surface area contributed by atoms with Gasteiger partial charge < -0.3 is 0 Å². The third-order valence-corrected chi connectivity index (χ3v) is 6.27. The highest BCUT2D eigenvalue weighted by Crippen LogP contribution is 2.30. The summed E-state index contributed by atoms with van der Waals surface area (Å²) in [5.74, 6) is 2.92. The van der Waals surface area contributed by atoms with Crippen LogP contribution in [0.3, 0.4) is 0 Å². The van der Waals surface area contributed by atoms with Gasteiger partial charge in [0.25, 0.3) is 10.0 Å². The molecule has 0 saturated carbocycles. The number of pyridine rings is 1. The van der Waals surface area contributed by atoms with Gasteiger partial charge in [-0.2, -0.15) is 18.3 Å². The van der Waals surface area contributed by atoms with Gasteiger partial charge in [0.05, 0.1) is 28.8 Å². The number of nitrogens with one attached hydrogen (secondary N) is 2. The van der Waals surface area contributed by atoms with Crippen LogP contribution in [0.25, 0.3) is 0 Å². The summed E-state index contributed by atoms with van der Waals surface area (Å²) in [6, 6.07) is 7.51. The number of alkyl halides is 3. The molecule has 2 N–H and O–H groups in total. The Balaban J connectivity index is 1.62. The van der Waals surface area contributed by atoms with Crippen molar-refractivity contribution in [2.24, 2.45) is 0 Å². The second-order valence-corrected chi connectivity index (χ2v) is 8.84. The Kier molecular flexibility index (Phi) is 6.37. The van der Waals surface area contributed by atoms with Crippen molar-refractivity contribution in [3.8, 4) is 11.8 Å². The van der Waals surface area contributed by atoms with Crippen molar-refractivity contribution in [1.82, 2.24) is 10.4 Å². The second-order valence-electron chi connectivity index (χ2n) is 7.15. The molecule has 3 aromatic rings. The first kappa shape index (κ1) is 24.4. The largest absolute Gasteiger partial charge is 0.416 e. The maximum atomic E-state index is 15.0. The molecule has 1 aliphatic heterocycles. The molecule has 35 heavy (non-hydrogen) atoms. The van der Waals surface area contributed by atoms with Gasteiger partial charge in [0, 0.05) is 12.1 Å². The highest BCUT2D eigenvalue weighted by molar-refractivity contribution is 7.92. The molecule has 0 bridgehead atoms. The Morgan fingerprint density at radius 2 is 1.77 bits per heavy atom. The van der Waals surface area contributed by atoms with Crippen molar-refractivity contribution in [2.75, 3.05) is 17.0 Å². The number of anilines is 2. The molecule has 0 spiro atoms. The van der Waals surface area contributed by atoms with Gasteiger partial charge >= 0.3 is 6.18 Å². The van der Waals surface area contributed by atoms with Crippen LogP contribution in [0.4, 0.5) is 33.5 Å². The van der Waals surface area contributed by atoms with E-state index in [1.54, 1.807) is 12.1 Å². The van der Waals surface area contributed by atoms with Crippen molar-refractivity contribution in [3.63, 3.8) is 0 Å². The summed E-state index contributed by atoms with van der Waals surface area (Å²) in [5, 5.41) is 1.30. The molecule has 0 fully saturated rings. The zero-order valence-electron chi connectivity index (χ0n) is 17.7. The van der Waals surface area contributed by atoms with Gasteiger partial charge in [-0.1, -0.05) is 12.0 Å². The average Bonchev–Trinajstić information content (AvgIpc) is 3.23. The van der Waals surface area contributed by atoms with E-state index in [4.69, 9.17) is 4.84 Å². The summed E-state index contributed by atoms with van der Waals surface area (Å²) in [6.45, 7) is 0.467. The highest BCUT2D eigenvalue weighted by atomic mass is 32.2. The molecule has 0 amide bonds. The lowest BCUT2D eigenvalue weighted by atomic mass is 10.1. The zero-order chi connectivity index (χ0) is 25.4. The van der Waals surface area contributed by atoms with Gasteiger partial charge in [0.1, 0.15) is 11.5 Å². The number of nitrogens with zero attached hydrogens (tertiary/aromatic N) is 2. The summed E-state index contributed by atoms with van der Waals surface area (Å²) >= 11 is 0.